The number of piperidine rings is 1. The molecule has 4 aromatic rings. The number of benzene rings is 2. The van der Waals surface area contributed by atoms with Crippen molar-refractivity contribution in [3.05, 3.63) is 76.0 Å². The highest BCUT2D eigenvalue weighted by molar-refractivity contribution is 9.10. The molecule has 0 atom stereocenters. The number of amides is 1. The lowest BCUT2D eigenvalue weighted by Crippen LogP contribution is -2.46. The smallest absolute Gasteiger partial charge is 0.410 e. The Morgan fingerprint density at radius 3 is 2.50 bits per heavy atom. The first kappa shape index (κ1) is 30.3. The van der Waals surface area contributed by atoms with Gasteiger partial charge in [0.05, 0.1) is 17.1 Å². The van der Waals surface area contributed by atoms with E-state index in [2.05, 4.69) is 21.2 Å². The molecule has 1 saturated heterocycles. The number of rotatable bonds is 5. The van der Waals surface area contributed by atoms with Crippen LogP contribution in [-0.4, -0.2) is 60.3 Å². The highest BCUT2D eigenvalue weighted by atomic mass is 79.9. The second-order valence-electron chi connectivity index (χ2n) is 12.1. The number of pyridine rings is 1. The molecular formula is C32H34BrN5O5S. The molecule has 2 aliphatic heterocycles. The van der Waals surface area contributed by atoms with Crippen molar-refractivity contribution in [3.8, 4) is 11.1 Å². The van der Waals surface area contributed by atoms with Gasteiger partial charge in [-0.15, -0.1) is 0 Å². The lowest BCUT2D eigenvalue weighted by molar-refractivity contribution is -0.0790. The summed E-state index contributed by atoms with van der Waals surface area (Å²) in [5, 5.41) is 11.8. The van der Waals surface area contributed by atoms with E-state index in [-0.39, 0.29) is 16.6 Å². The number of hydrogen-bond acceptors (Lipinski definition) is 8. The van der Waals surface area contributed by atoms with Gasteiger partial charge in [0.1, 0.15) is 10.2 Å². The van der Waals surface area contributed by atoms with Crippen LogP contribution in [0.2, 0.25) is 0 Å². The van der Waals surface area contributed by atoms with Gasteiger partial charge in [-0.05, 0) is 79.4 Å². The number of carbonyl (C=O) groups is 1. The van der Waals surface area contributed by atoms with E-state index >= 15 is 0 Å². The normalized spacial score (nSPS) is 16.2. The van der Waals surface area contributed by atoms with Gasteiger partial charge in [-0.1, -0.05) is 24.3 Å². The minimum atomic E-state index is -4.07. The van der Waals surface area contributed by atoms with Gasteiger partial charge in [-0.2, -0.15) is 0 Å². The zero-order chi connectivity index (χ0) is 31.4. The number of nitrogens with zero attached hydrogens (tertiary/aromatic N) is 3. The maximum atomic E-state index is 14.2. The Hall–Kier alpha value is -3.74. The molecule has 1 amide bonds. The number of anilines is 1. The van der Waals surface area contributed by atoms with Crippen molar-refractivity contribution in [1.29, 1.82) is 5.41 Å². The maximum absolute atomic E-state index is 14.2. The third-order valence-electron chi connectivity index (χ3n) is 8.19. The summed E-state index contributed by atoms with van der Waals surface area (Å²) in [4.78, 5) is 19.4. The molecule has 2 N–H and O–H groups in total. The fraction of sp³-hybridized carbons (Fsp3) is 0.344. The van der Waals surface area contributed by atoms with Crippen LogP contribution in [-0.2, 0) is 31.7 Å². The number of fused-ring (bicyclic) bond motifs is 4. The quantitative estimate of drug-likeness (QED) is 0.231. The van der Waals surface area contributed by atoms with Gasteiger partial charge in [0, 0.05) is 65.9 Å². The van der Waals surface area contributed by atoms with Crippen LogP contribution in [0.1, 0.15) is 50.3 Å². The Kier molecular flexibility index (Phi) is 7.58. The van der Waals surface area contributed by atoms with Crippen LogP contribution in [0, 0.1) is 5.41 Å². The molecule has 2 aromatic carbocycles. The largest absolute Gasteiger partial charge is 0.444 e. The fourth-order valence-corrected chi connectivity index (χ4v) is 8.71. The van der Waals surface area contributed by atoms with Crippen LogP contribution in [0.5, 0.6) is 0 Å². The lowest BCUT2D eigenvalue weighted by Gasteiger charge is -2.39. The number of aromatic nitrogens is 2. The van der Waals surface area contributed by atoms with E-state index in [0.717, 1.165) is 22.4 Å². The van der Waals surface area contributed by atoms with Crippen molar-refractivity contribution in [2.24, 2.45) is 0 Å². The Morgan fingerprint density at radius 1 is 1.16 bits per heavy atom. The summed E-state index contributed by atoms with van der Waals surface area (Å²) < 4.78 is 42.1. The minimum Gasteiger partial charge on any atom is -0.444 e. The number of ether oxygens (including phenoxy) is 2. The Morgan fingerprint density at radius 2 is 1.86 bits per heavy atom. The molecular weight excluding hydrogens is 646 g/mol. The summed E-state index contributed by atoms with van der Waals surface area (Å²) in [6, 6.07) is 13.9. The second-order valence-corrected chi connectivity index (χ2v) is 14.6. The molecule has 44 heavy (non-hydrogen) atoms. The molecule has 0 saturated carbocycles. The number of halogens is 1. The zero-order valence-electron chi connectivity index (χ0n) is 25.0. The Labute approximate surface area is 265 Å². The highest BCUT2D eigenvalue weighted by Gasteiger charge is 2.47. The van der Waals surface area contributed by atoms with Crippen LogP contribution >= 0.6 is 15.9 Å². The summed E-state index contributed by atoms with van der Waals surface area (Å²) in [6.45, 7) is 6.70. The van der Waals surface area contributed by atoms with Crippen molar-refractivity contribution in [1.82, 2.24) is 13.9 Å². The van der Waals surface area contributed by atoms with Gasteiger partial charge < -0.3 is 25.1 Å². The van der Waals surface area contributed by atoms with Crippen molar-refractivity contribution >= 4 is 55.0 Å². The summed E-state index contributed by atoms with van der Waals surface area (Å²) in [6.07, 6.45) is 3.63. The van der Waals surface area contributed by atoms with E-state index in [4.69, 9.17) is 19.9 Å². The van der Waals surface area contributed by atoms with E-state index in [1.165, 1.54) is 10.2 Å². The first-order valence-corrected chi connectivity index (χ1v) is 16.6. The first-order chi connectivity index (χ1) is 20.9. The first-order valence-electron chi connectivity index (χ1n) is 14.4. The van der Waals surface area contributed by atoms with Crippen molar-refractivity contribution in [2.45, 2.75) is 56.3 Å². The molecule has 0 unspecified atom stereocenters. The molecule has 6 rings (SSSR count). The Balaban J connectivity index is 1.57. The van der Waals surface area contributed by atoms with Gasteiger partial charge in [0.25, 0.3) is 10.0 Å². The van der Waals surface area contributed by atoms with E-state index in [1.54, 1.807) is 48.5 Å². The van der Waals surface area contributed by atoms with Crippen molar-refractivity contribution < 1.29 is 22.7 Å². The summed E-state index contributed by atoms with van der Waals surface area (Å²) in [5.74, 6) is 0. The van der Waals surface area contributed by atoms with Crippen molar-refractivity contribution in [2.75, 3.05) is 25.5 Å². The van der Waals surface area contributed by atoms with Crippen molar-refractivity contribution in [3.63, 3.8) is 0 Å². The third-order valence-corrected chi connectivity index (χ3v) is 10.9. The molecule has 12 heteroatoms. The number of carbonyl (C=O) groups excluding carboxylic acids is 1. The van der Waals surface area contributed by atoms with Crippen LogP contribution < -0.4 is 5.32 Å². The van der Waals surface area contributed by atoms with E-state index < -0.39 is 21.2 Å². The molecule has 1 fully saturated rings. The van der Waals surface area contributed by atoms with Gasteiger partial charge in [0.2, 0.25) is 0 Å². The monoisotopic (exact) mass is 679 g/mol. The molecule has 0 radical (unpaired) electrons. The predicted molar refractivity (Wildman–Crippen MR) is 173 cm³/mol. The topological polar surface area (TPSA) is 127 Å². The molecule has 4 heterocycles. The standard InChI is InChI=1S/C32H34BrN5O5S/c1-31(2,3)43-30(39)37-14-12-32(13-15-37)27-22(19-42-32)18-36-29-26(27)25(20-10-11-24(35-4)21(16-20)17-34)28(33)38(29)44(40,41)23-8-6-5-7-9-23/h5-11,16-18,34-35H,12-15,19H2,1-4H3. The molecule has 10 nitrogen and oxygen atoms in total. The summed E-state index contributed by atoms with van der Waals surface area (Å²) in [5.41, 5.74) is 3.50. The molecule has 0 aliphatic carbocycles. The summed E-state index contributed by atoms with van der Waals surface area (Å²) >= 11 is 3.68. The Bertz CT molecular complexity index is 1890. The van der Waals surface area contributed by atoms with Gasteiger partial charge in [-0.3, -0.25) is 0 Å². The van der Waals surface area contributed by atoms with Crippen LogP contribution in [0.3, 0.4) is 0 Å². The second kappa shape index (κ2) is 11.0. The maximum Gasteiger partial charge on any atom is 0.410 e. The fourth-order valence-electron chi connectivity index (χ4n) is 6.16. The van der Waals surface area contributed by atoms with E-state index in [0.29, 0.717) is 53.7 Å². The van der Waals surface area contributed by atoms with Crippen LogP contribution in [0.4, 0.5) is 10.5 Å². The number of likely N-dealkylation sites (tertiary alicyclic amines) is 1. The molecule has 230 valence electrons. The van der Waals surface area contributed by atoms with Gasteiger partial charge in [-0.25, -0.2) is 22.2 Å². The lowest BCUT2D eigenvalue weighted by atomic mass is 9.81. The van der Waals surface area contributed by atoms with Gasteiger partial charge >= 0.3 is 6.09 Å². The van der Waals surface area contributed by atoms with E-state index in [1.807, 2.05) is 39.0 Å². The zero-order valence-corrected chi connectivity index (χ0v) is 27.4. The minimum absolute atomic E-state index is 0.133. The summed E-state index contributed by atoms with van der Waals surface area (Å²) in [7, 11) is -2.28. The average molecular weight is 681 g/mol. The van der Waals surface area contributed by atoms with Gasteiger partial charge in [0.15, 0.2) is 5.65 Å². The predicted octanol–water partition coefficient (Wildman–Crippen LogP) is 6.50. The van der Waals surface area contributed by atoms with E-state index in [9.17, 15) is 13.2 Å². The molecule has 0 bridgehead atoms. The highest BCUT2D eigenvalue weighted by Crippen LogP contribution is 2.52. The number of hydrogen-bond donors (Lipinski definition) is 2. The molecule has 1 spiro atoms. The average Bonchev–Trinajstić information content (AvgIpc) is 3.51. The SMILES string of the molecule is CNc1ccc(-c2c(Br)n(S(=O)(=O)c3ccccc3)c3ncc4c(c23)C2(CCN(C(=O)OC(C)(C)C)CC2)OC4)cc1C=N. The molecule has 2 aliphatic rings. The van der Waals surface area contributed by atoms with Crippen LogP contribution in [0.15, 0.2) is 64.2 Å². The molecule has 2 aromatic heterocycles. The third kappa shape index (κ3) is 4.98. The van der Waals surface area contributed by atoms with Crippen LogP contribution in [0.25, 0.3) is 22.2 Å². The number of nitrogens with one attached hydrogen (secondary N) is 2.